The van der Waals surface area contributed by atoms with Gasteiger partial charge in [-0.1, -0.05) is 0 Å². The van der Waals surface area contributed by atoms with Crippen molar-refractivity contribution in [1.29, 1.82) is 0 Å². The zero-order valence-electron chi connectivity index (χ0n) is 11.2. The quantitative estimate of drug-likeness (QED) is 0.636. The van der Waals surface area contributed by atoms with Crippen molar-refractivity contribution < 1.29 is 19.4 Å². The van der Waals surface area contributed by atoms with Crippen molar-refractivity contribution in [3.8, 4) is 0 Å². The van der Waals surface area contributed by atoms with Gasteiger partial charge in [0, 0.05) is 25.6 Å². The van der Waals surface area contributed by atoms with E-state index >= 15 is 0 Å². The van der Waals surface area contributed by atoms with Gasteiger partial charge in [-0.2, -0.15) is 0 Å². The number of carboxylic acids is 1. The zero-order valence-corrected chi connectivity index (χ0v) is 11.2. The molecule has 0 aromatic heterocycles. The third-order valence-electron chi connectivity index (χ3n) is 2.86. The van der Waals surface area contributed by atoms with E-state index in [1.807, 2.05) is 13.8 Å². The summed E-state index contributed by atoms with van der Waals surface area (Å²) in [4.78, 5) is 24.2. The number of carbonyl (C=O) groups excluding carboxylic acids is 1. The van der Waals surface area contributed by atoms with Gasteiger partial charge in [0.1, 0.15) is 0 Å². The maximum Gasteiger partial charge on any atom is 0.305 e. The van der Waals surface area contributed by atoms with Crippen molar-refractivity contribution in [2.24, 2.45) is 5.92 Å². The minimum absolute atomic E-state index is 0.0174. The summed E-state index contributed by atoms with van der Waals surface area (Å²) in [6, 6.07) is 0. The normalized spacial score (nSPS) is 14.8. The molecule has 0 heterocycles. The molecule has 0 radical (unpaired) electrons. The lowest BCUT2D eigenvalue weighted by Crippen LogP contribution is -2.35. The lowest BCUT2D eigenvalue weighted by molar-refractivity contribution is -0.139. The summed E-state index contributed by atoms with van der Waals surface area (Å²) < 4.78 is 5.42. The summed E-state index contributed by atoms with van der Waals surface area (Å²) in [6.07, 6.45) is 2.87. The van der Waals surface area contributed by atoms with Gasteiger partial charge in [0.05, 0.1) is 12.5 Å². The van der Waals surface area contributed by atoms with Crippen LogP contribution in [-0.4, -0.2) is 47.7 Å². The first-order chi connectivity index (χ1) is 8.50. The lowest BCUT2D eigenvalue weighted by atomic mass is 10.3. The van der Waals surface area contributed by atoms with Gasteiger partial charge in [-0.15, -0.1) is 0 Å². The summed E-state index contributed by atoms with van der Waals surface area (Å²) >= 11 is 0. The van der Waals surface area contributed by atoms with Crippen molar-refractivity contribution in [1.82, 2.24) is 4.90 Å². The highest BCUT2D eigenvalue weighted by atomic mass is 16.5. The Kier molecular flexibility index (Phi) is 6.12. The molecule has 0 saturated heterocycles. The molecule has 1 aliphatic carbocycles. The van der Waals surface area contributed by atoms with Gasteiger partial charge in [-0.25, -0.2) is 0 Å². The van der Waals surface area contributed by atoms with Crippen LogP contribution < -0.4 is 0 Å². The summed E-state index contributed by atoms with van der Waals surface area (Å²) in [6.45, 7) is 5.45. The van der Waals surface area contributed by atoms with E-state index in [0.717, 1.165) is 19.3 Å². The summed E-state index contributed by atoms with van der Waals surface area (Å²) in [5.74, 6) is -0.604. The number of nitrogens with zero attached hydrogens (tertiary/aromatic N) is 1. The number of hydrogen-bond donors (Lipinski definition) is 1. The van der Waals surface area contributed by atoms with Gasteiger partial charge in [-0.3, -0.25) is 9.59 Å². The highest BCUT2D eigenvalue weighted by Crippen LogP contribution is 2.31. The van der Waals surface area contributed by atoms with Gasteiger partial charge in [0.2, 0.25) is 5.91 Å². The maximum atomic E-state index is 11.9. The van der Waals surface area contributed by atoms with E-state index in [9.17, 15) is 9.59 Å². The van der Waals surface area contributed by atoms with Crippen molar-refractivity contribution in [3.05, 3.63) is 0 Å². The van der Waals surface area contributed by atoms with Crippen LogP contribution in [0.3, 0.4) is 0 Å². The van der Waals surface area contributed by atoms with E-state index in [2.05, 4.69) is 0 Å². The molecule has 1 rings (SSSR count). The minimum atomic E-state index is -0.859. The first kappa shape index (κ1) is 15.0. The smallest absolute Gasteiger partial charge is 0.305 e. The molecule has 1 amide bonds. The summed E-state index contributed by atoms with van der Waals surface area (Å²) in [5, 5.41) is 8.68. The Labute approximate surface area is 108 Å². The molecular weight excluding hydrogens is 234 g/mol. The van der Waals surface area contributed by atoms with E-state index in [1.54, 1.807) is 4.90 Å². The van der Waals surface area contributed by atoms with Crippen molar-refractivity contribution in [2.45, 2.75) is 45.6 Å². The van der Waals surface area contributed by atoms with Gasteiger partial charge >= 0.3 is 5.97 Å². The molecule has 0 aromatic rings. The molecule has 0 unspecified atom stereocenters. The Morgan fingerprint density at radius 3 is 2.50 bits per heavy atom. The average Bonchev–Trinajstić information content (AvgIpc) is 3.10. The number of carboxylic acid groups (broad SMARTS) is 1. The first-order valence-electron chi connectivity index (χ1n) is 6.63. The number of carbonyl (C=O) groups is 2. The van der Waals surface area contributed by atoms with Crippen LogP contribution in [-0.2, 0) is 14.3 Å². The van der Waals surface area contributed by atoms with E-state index in [0.29, 0.717) is 19.7 Å². The number of ether oxygens (including phenoxy) is 1. The fraction of sp³-hybridized carbons (Fsp3) is 0.846. The highest BCUT2D eigenvalue weighted by molar-refractivity contribution is 5.81. The van der Waals surface area contributed by atoms with Crippen molar-refractivity contribution in [2.75, 3.05) is 19.7 Å². The fourth-order valence-electron chi connectivity index (χ4n) is 1.73. The Balaban J connectivity index is 2.29. The largest absolute Gasteiger partial charge is 0.481 e. The van der Waals surface area contributed by atoms with Crippen LogP contribution in [0.4, 0.5) is 0 Å². The molecule has 0 aliphatic heterocycles. The SMILES string of the molecule is CC(C)OCCCN(CCC(=O)O)C(=O)C1CC1. The zero-order chi connectivity index (χ0) is 13.5. The Hall–Kier alpha value is -1.10. The molecule has 18 heavy (non-hydrogen) atoms. The van der Waals surface area contributed by atoms with Crippen molar-refractivity contribution >= 4 is 11.9 Å². The standard InChI is InChI=1S/C13H23NO4/c1-10(2)18-9-3-7-14(8-6-12(15)16)13(17)11-4-5-11/h10-11H,3-9H2,1-2H3,(H,15,16). The molecule has 1 saturated carbocycles. The first-order valence-corrected chi connectivity index (χ1v) is 6.63. The van der Waals surface area contributed by atoms with Gasteiger partial charge < -0.3 is 14.7 Å². The highest BCUT2D eigenvalue weighted by Gasteiger charge is 2.33. The Bertz CT molecular complexity index is 287. The Morgan fingerprint density at radius 1 is 1.33 bits per heavy atom. The fourth-order valence-corrected chi connectivity index (χ4v) is 1.73. The summed E-state index contributed by atoms with van der Waals surface area (Å²) in [5.41, 5.74) is 0. The predicted molar refractivity (Wildman–Crippen MR) is 67.3 cm³/mol. The van der Waals surface area contributed by atoms with Crippen LogP contribution in [0.1, 0.15) is 39.5 Å². The van der Waals surface area contributed by atoms with Gasteiger partial charge in [0.25, 0.3) is 0 Å². The van der Waals surface area contributed by atoms with E-state index in [4.69, 9.17) is 9.84 Å². The van der Waals surface area contributed by atoms with Crippen LogP contribution >= 0.6 is 0 Å². The number of hydrogen-bond acceptors (Lipinski definition) is 3. The van der Waals surface area contributed by atoms with E-state index < -0.39 is 5.97 Å². The molecule has 5 nitrogen and oxygen atoms in total. The average molecular weight is 257 g/mol. The second-order valence-corrected chi connectivity index (χ2v) is 5.02. The van der Waals surface area contributed by atoms with Crippen LogP contribution in [0.5, 0.6) is 0 Å². The van der Waals surface area contributed by atoms with Crippen LogP contribution in [0.2, 0.25) is 0 Å². The molecular formula is C13H23NO4. The molecule has 0 atom stereocenters. The maximum absolute atomic E-state index is 11.9. The number of aliphatic carboxylic acids is 1. The number of rotatable bonds is 9. The van der Waals surface area contributed by atoms with Crippen molar-refractivity contribution in [3.63, 3.8) is 0 Å². The molecule has 0 spiro atoms. The van der Waals surface area contributed by atoms with Crippen LogP contribution in [0.25, 0.3) is 0 Å². The topological polar surface area (TPSA) is 66.8 Å². The van der Waals surface area contributed by atoms with E-state index in [-0.39, 0.29) is 24.3 Å². The molecule has 5 heteroatoms. The molecule has 104 valence electrons. The number of amides is 1. The third kappa shape index (κ3) is 6.00. The molecule has 1 aliphatic rings. The van der Waals surface area contributed by atoms with Gasteiger partial charge in [0.15, 0.2) is 0 Å². The molecule has 0 bridgehead atoms. The molecule has 1 N–H and O–H groups in total. The Morgan fingerprint density at radius 2 is 2.00 bits per heavy atom. The minimum Gasteiger partial charge on any atom is -0.481 e. The molecule has 1 fully saturated rings. The second-order valence-electron chi connectivity index (χ2n) is 5.02. The second kappa shape index (κ2) is 7.36. The lowest BCUT2D eigenvalue weighted by Gasteiger charge is -2.22. The van der Waals surface area contributed by atoms with E-state index in [1.165, 1.54) is 0 Å². The van der Waals surface area contributed by atoms with Gasteiger partial charge in [-0.05, 0) is 33.1 Å². The predicted octanol–water partition coefficient (Wildman–Crippen LogP) is 1.51. The third-order valence-corrected chi connectivity index (χ3v) is 2.86. The summed E-state index contributed by atoms with van der Waals surface area (Å²) in [7, 11) is 0. The van der Waals surface area contributed by atoms with Crippen LogP contribution in [0.15, 0.2) is 0 Å². The molecule has 0 aromatic carbocycles. The van der Waals surface area contributed by atoms with Crippen LogP contribution in [0, 0.1) is 5.92 Å². The monoisotopic (exact) mass is 257 g/mol.